The summed E-state index contributed by atoms with van der Waals surface area (Å²) in [7, 11) is 0. The predicted octanol–water partition coefficient (Wildman–Crippen LogP) is 3.25. The van der Waals surface area contributed by atoms with Crippen molar-refractivity contribution in [3.05, 3.63) is 87.6 Å². The highest BCUT2D eigenvalue weighted by Crippen LogP contribution is 2.50. The molecule has 172 valence electrons. The number of aromatic amines is 2. The lowest BCUT2D eigenvalue weighted by atomic mass is 9.73. The van der Waals surface area contributed by atoms with Gasteiger partial charge < -0.3 is 10.6 Å². The monoisotopic (exact) mass is 453 g/mol. The molecular formula is C26H27N7O. The fourth-order valence-electron chi connectivity index (χ4n) is 5.63. The van der Waals surface area contributed by atoms with Crippen LogP contribution in [0.25, 0.3) is 16.6 Å². The average Bonchev–Trinajstić information content (AvgIpc) is 3.39. The molecule has 4 N–H and O–H groups in total. The molecule has 0 unspecified atom stereocenters. The second-order valence-corrected chi connectivity index (χ2v) is 9.55. The Balaban J connectivity index is 1.26. The van der Waals surface area contributed by atoms with E-state index in [2.05, 4.69) is 55.9 Å². The fourth-order valence-corrected chi connectivity index (χ4v) is 5.63. The van der Waals surface area contributed by atoms with Crippen LogP contribution < -0.4 is 16.2 Å². The van der Waals surface area contributed by atoms with Crippen molar-refractivity contribution in [3.63, 3.8) is 0 Å². The largest absolute Gasteiger partial charge is 0.342 e. The molecule has 8 heteroatoms. The Kier molecular flexibility index (Phi) is 4.67. The molecule has 1 saturated heterocycles. The number of rotatable bonds is 3. The average molecular weight is 454 g/mol. The van der Waals surface area contributed by atoms with E-state index < -0.39 is 0 Å². The van der Waals surface area contributed by atoms with Crippen LogP contribution in [0.3, 0.4) is 0 Å². The third-order valence-electron chi connectivity index (χ3n) is 7.60. The molecule has 4 heterocycles. The maximum Gasteiger partial charge on any atom is 0.264 e. The van der Waals surface area contributed by atoms with Gasteiger partial charge in [-0.3, -0.25) is 19.9 Å². The minimum absolute atomic E-state index is 0.0540. The lowest BCUT2D eigenvalue weighted by molar-refractivity contribution is 0.187. The Labute approximate surface area is 196 Å². The summed E-state index contributed by atoms with van der Waals surface area (Å²) in [6.45, 7) is 7.66. The van der Waals surface area contributed by atoms with E-state index in [9.17, 15) is 4.79 Å². The summed E-state index contributed by atoms with van der Waals surface area (Å²) in [5.41, 5.74) is 12.6. The molecular weight excluding hydrogens is 426 g/mol. The van der Waals surface area contributed by atoms with Crippen LogP contribution in [0.5, 0.6) is 0 Å². The number of fused-ring (bicyclic) bond motifs is 2. The zero-order valence-corrected chi connectivity index (χ0v) is 19.1. The number of nitrogens with zero attached hydrogens (tertiary/aromatic N) is 4. The number of pyridine rings is 1. The Morgan fingerprint density at radius 3 is 2.79 bits per heavy atom. The van der Waals surface area contributed by atoms with Crippen molar-refractivity contribution in [2.24, 2.45) is 11.1 Å². The van der Waals surface area contributed by atoms with Crippen LogP contribution in [0.2, 0.25) is 0 Å². The number of anilines is 1. The second kappa shape index (κ2) is 7.63. The lowest BCUT2D eigenvalue weighted by Crippen LogP contribution is -2.45. The van der Waals surface area contributed by atoms with Gasteiger partial charge >= 0.3 is 0 Å². The zero-order valence-electron chi connectivity index (χ0n) is 19.1. The molecule has 1 aliphatic heterocycles. The quantitative estimate of drug-likeness (QED) is 0.438. The van der Waals surface area contributed by atoms with Gasteiger partial charge in [-0.15, -0.1) is 0 Å². The van der Waals surface area contributed by atoms with Crippen molar-refractivity contribution in [1.82, 2.24) is 25.1 Å². The second-order valence-electron chi connectivity index (χ2n) is 9.55. The molecule has 1 fully saturated rings. The first-order valence-corrected chi connectivity index (χ1v) is 11.6. The van der Waals surface area contributed by atoms with Gasteiger partial charge in [-0.2, -0.15) is 10.1 Å². The number of piperidine rings is 1. The summed E-state index contributed by atoms with van der Waals surface area (Å²) in [6, 6.07) is 12.4. The van der Waals surface area contributed by atoms with E-state index in [1.54, 1.807) is 6.20 Å². The van der Waals surface area contributed by atoms with Gasteiger partial charge in [-0.25, -0.2) is 0 Å². The smallest absolute Gasteiger partial charge is 0.264 e. The van der Waals surface area contributed by atoms with E-state index in [0.29, 0.717) is 28.2 Å². The normalized spacial score (nSPS) is 19.0. The molecule has 8 nitrogen and oxygen atoms in total. The van der Waals surface area contributed by atoms with E-state index >= 15 is 0 Å². The van der Waals surface area contributed by atoms with Crippen LogP contribution in [-0.4, -0.2) is 38.2 Å². The number of nitrogens with one attached hydrogen (secondary N) is 2. The third-order valence-corrected chi connectivity index (χ3v) is 7.60. The summed E-state index contributed by atoms with van der Waals surface area (Å²) in [5, 5.41) is 7.73. The van der Waals surface area contributed by atoms with Crippen molar-refractivity contribution in [2.45, 2.75) is 32.2 Å². The molecule has 2 aliphatic rings. The van der Waals surface area contributed by atoms with Crippen molar-refractivity contribution in [2.75, 3.05) is 18.0 Å². The molecule has 34 heavy (non-hydrogen) atoms. The standard InChI is InChI=1S/C26H27N7O/c1-15-13-17(7-10-28-15)16(2)21-20-23(32-31-21)29-25(30-24(20)34)33-11-8-26(9-12-33)14-18-5-3-4-6-19(18)22(26)27/h3-7,10,13,22H,2,8-9,11-12,14,27H2,1H3,(H2,29,30,31,32,34)/t22-/m1/s1. The highest BCUT2D eigenvalue weighted by atomic mass is 16.1. The molecule has 1 aromatic carbocycles. The van der Waals surface area contributed by atoms with Crippen LogP contribution in [0.1, 0.15) is 47.0 Å². The highest BCUT2D eigenvalue weighted by molar-refractivity contribution is 5.92. The van der Waals surface area contributed by atoms with Crippen LogP contribution in [-0.2, 0) is 6.42 Å². The van der Waals surface area contributed by atoms with Crippen LogP contribution in [0, 0.1) is 12.3 Å². The fraction of sp³-hybridized carbons (Fsp3) is 0.308. The first-order valence-electron chi connectivity index (χ1n) is 11.6. The molecule has 4 aromatic rings. The molecule has 6 rings (SSSR count). The first-order chi connectivity index (χ1) is 16.4. The number of aromatic nitrogens is 5. The van der Waals surface area contributed by atoms with E-state index in [-0.39, 0.29) is 17.0 Å². The number of aryl methyl sites for hydroxylation is 1. The van der Waals surface area contributed by atoms with Gasteiger partial charge in [0.25, 0.3) is 5.56 Å². The number of H-pyrrole nitrogens is 2. The van der Waals surface area contributed by atoms with Crippen molar-refractivity contribution >= 4 is 22.6 Å². The van der Waals surface area contributed by atoms with Crippen molar-refractivity contribution in [3.8, 4) is 0 Å². The molecule has 1 atom stereocenters. The molecule has 0 saturated carbocycles. The van der Waals surface area contributed by atoms with Crippen LogP contribution in [0.15, 0.2) is 54.0 Å². The molecule has 0 radical (unpaired) electrons. The van der Waals surface area contributed by atoms with Gasteiger partial charge in [-0.05, 0) is 60.4 Å². The van der Waals surface area contributed by atoms with Crippen molar-refractivity contribution < 1.29 is 0 Å². The van der Waals surface area contributed by atoms with Gasteiger partial charge in [-0.1, -0.05) is 30.8 Å². The van der Waals surface area contributed by atoms with Crippen LogP contribution >= 0.6 is 0 Å². The Morgan fingerprint density at radius 1 is 1.24 bits per heavy atom. The minimum Gasteiger partial charge on any atom is -0.342 e. The Morgan fingerprint density at radius 2 is 2.03 bits per heavy atom. The molecule has 1 spiro atoms. The Bertz CT molecular complexity index is 1480. The summed E-state index contributed by atoms with van der Waals surface area (Å²) in [6.07, 6.45) is 4.65. The van der Waals surface area contributed by atoms with E-state index in [1.807, 2.05) is 19.1 Å². The summed E-state index contributed by atoms with van der Waals surface area (Å²) >= 11 is 0. The van der Waals surface area contributed by atoms with E-state index in [1.165, 1.54) is 11.1 Å². The number of hydrogen-bond donors (Lipinski definition) is 3. The van der Waals surface area contributed by atoms with Gasteiger partial charge in [0.15, 0.2) is 5.65 Å². The van der Waals surface area contributed by atoms with E-state index in [4.69, 9.17) is 10.7 Å². The summed E-state index contributed by atoms with van der Waals surface area (Å²) < 4.78 is 0. The zero-order chi connectivity index (χ0) is 23.4. The Hall–Kier alpha value is -3.78. The SMILES string of the molecule is C=C(c1ccnc(C)c1)c1n[nH]c2nc(N3CCC4(CC3)Cc3ccccc3[C@H]4N)[nH]c(=O)c12. The number of hydrogen-bond acceptors (Lipinski definition) is 6. The molecule has 1 aliphatic carbocycles. The number of nitrogens with two attached hydrogens (primary N) is 1. The summed E-state index contributed by atoms with van der Waals surface area (Å²) in [5.74, 6) is 0.567. The molecule has 0 bridgehead atoms. The van der Waals surface area contributed by atoms with Gasteiger partial charge in [0.05, 0.1) is 0 Å². The maximum atomic E-state index is 13.1. The number of benzene rings is 1. The van der Waals surface area contributed by atoms with Gasteiger partial charge in [0.1, 0.15) is 11.1 Å². The first kappa shape index (κ1) is 20.8. The topological polar surface area (TPSA) is 117 Å². The lowest BCUT2D eigenvalue weighted by Gasteiger charge is -2.42. The minimum atomic E-state index is -0.221. The summed E-state index contributed by atoms with van der Waals surface area (Å²) in [4.78, 5) is 27.2. The van der Waals surface area contributed by atoms with Gasteiger partial charge in [0, 0.05) is 36.6 Å². The van der Waals surface area contributed by atoms with Gasteiger partial charge in [0.2, 0.25) is 5.95 Å². The highest BCUT2D eigenvalue weighted by Gasteiger charge is 2.46. The molecule has 3 aromatic heterocycles. The predicted molar refractivity (Wildman–Crippen MR) is 133 cm³/mol. The molecule has 0 amide bonds. The van der Waals surface area contributed by atoms with Crippen molar-refractivity contribution in [1.29, 1.82) is 0 Å². The maximum absolute atomic E-state index is 13.1. The van der Waals surface area contributed by atoms with Crippen LogP contribution in [0.4, 0.5) is 5.95 Å². The third kappa shape index (κ3) is 3.17. The van der Waals surface area contributed by atoms with E-state index in [0.717, 1.165) is 43.6 Å².